The lowest BCUT2D eigenvalue weighted by Crippen LogP contribution is -2.43. The van der Waals surface area contributed by atoms with Gasteiger partial charge in [0.1, 0.15) is 0 Å². The lowest BCUT2D eigenvalue weighted by molar-refractivity contribution is 0.260. The Hall–Kier alpha value is -3.29. The number of rotatable bonds is 2. The van der Waals surface area contributed by atoms with Crippen LogP contribution in [-0.2, 0) is 5.41 Å². The third-order valence-corrected chi connectivity index (χ3v) is 11.4. The van der Waals surface area contributed by atoms with Crippen LogP contribution in [0.1, 0.15) is 45.1 Å². The van der Waals surface area contributed by atoms with E-state index in [-0.39, 0.29) is 5.41 Å². The van der Waals surface area contributed by atoms with E-state index in [1.54, 1.807) is 5.56 Å². The topological polar surface area (TPSA) is 0 Å². The Balaban J connectivity index is 1.37. The molecule has 1 aliphatic carbocycles. The van der Waals surface area contributed by atoms with Crippen LogP contribution in [0.3, 0.4) is 0 Å². The lowest BCUT2D eigenvalue weighted by Gasteiger charge is -2.45. The molecule has 0 N–H and O–H groups in total. The summed E-state index contributed by atoms with van der Waals surface area (Å²) in [7, 11) is 0. The molecule has 0 nitrogen and oxygen atoms in total. The van der Waals surface area contributed by atoms with Crippen LogP contribution in [0.25, 0.3) is 54.6 Å². The van der Waals surface area contributed by atoms with Gasteiger partial charge < -0.3 is 0 Å². The first-order valence-electron chi connectivity index (χ1n) is 13.7. The lowest BCUT2D eigenvalue weighted by atomic mass is 9.64. The highest BCUT2D eigenvalue weighted by atomic mass is 32.2. The Morgan fingerprint density at radius 1 is 0.595 bits per heavy atom. The zero-order valence-corrected chi connectivity index (χ0v) is 22.3. The second-order valence-electron chi connectivity index (χ2n) is 11.6. The van der Waals surface area contributed by atoms with Gasteiger partial charge in [0.15, 0.2) is 0 Å². The van der Waals surface area contributed by atoms with Crippen molar-refractivity contribution in [1.82, 2.24) is 0 Å². The number of hydrogen-bond acceptors (Lipinski definition) is 1. The highest BCUT2D eigenvalue weighted by molar-refractivity contribution is 8.01. The van der Waals surface area contributed by atoms with Crippen LogP contribution < -0.4 is 0 Å². The summed E-state index contributed by atoms with van der Waals surface area (Å²) in [6.45, 7) is 5.04. The Morgan fingerprint density at radius 2 is 1.22 bits per heavy atom. The molecule has 2 aliphatic rings. The van der Waals surface area contributed by atoms with Crippen LogP contribution in [0, 0.1) is 0 Å². The largest absolute Gasteiger partial charge is 0.118 e. The maximum Gasteiger partial charge on any atom is 0.0273 e. The third-order valence-electron chi connectivity index (χ3n) is 9.72. The first kappa shape index (κ1) is 21.8. The summed E-state index contributed by atoms with van der Waals surface area (Å²) in [4.78, 5) is 1.50. The number of thioether (sulfide) groups is 1. The molecule has 1 heterocycles. The van der Waals surface area contributed by atoms with E-state index >= 15 is 0 Å². The smallest absolute Gasteiger partial charge is 0.0273 e. The molecule has 6 aromatic rings. The second kappa shape index (κ2) is 7.62. The van der Waals surface area contributed by atoms with Crippen molar-refractivity contribution in [2.45, 2.75) is 54.6 Å². The summed E-state index contributed by atoms with van der Waals surface area (Å²) < 4.78 is 0.322. The molecule has 0 radical (unpaired) electrons. The average molecular weight is 495 g/mol. The van der Waals surface area contributed by atoms with Crippen LogP contribution in [0.4, 0.5) is 0 Å². The van der Waals surface area contributed by atoms with Gasteiger partial charge in [0, 0.05) is 15.1 Å². The molecule has 37 heavy (non-hydrogen) atoms. The van der Waals surface area contributed by atoms with Gasteiger partial charge >= 0.3 is 0 Å². The molecule has 1 aliphatic heterocycles. The molecule has 0 bridgehead atoms. The SMILES string of the molecule is CC12CCCCC1(C)c1cc(-c3ccc4ccc5c(-c6ccccc6)ccc6ccc3c4c65)ccc1S2. The fourth-order valence-corrected chi connectivity index (χ4v) is 9.15. The van der Waals surface area contributed by atoms with E-state index in [0.717, 1.165) is 0 Å². The zero-order chi connectivity index (χ0) is 24.8. The van der Waals surface area contributed by atoms with Crippen molar-refractivity contribution in [2.75, 3.05) is 0 Å². The number of fused-ring (bicyclic) bond motifs is 3. The molecule has 0 saturated heterocycles. The Labute approximate surface area is 223 Å². The summed E-state index contributed by atoms with van der Waals surface area (Å²) in [5.74, 6) is 0. The van der Waals surface area contributed by atoms with Gasteiger partial charge in [-0.3, -0.25) is 0 Å². The highest BCUT2D eigenvalue weighted by Crippen LogP contribution is 2.63. The van der Waals surface area contributed by atoms with Crippen molar-refractivity contribution in [3.05, 3.63) is 103 Å². The summed E-state index contributed by atoms with van der Waals surface area (Å²) in [6, 6.07) is 36.7. The van der Waals surface area contributed by atoms with Gasteiger partial charge in [-0.1, -0.05) is 105 Å². The van der Waals surface area contributed by atoms with Crippen LogP contribution in [0.2, 0.25) is 0 Å². The van der Waals surface area contributed by atoms with Crippen LogP contribution >= 0.6 is 11.8 Å². The molecule has 2 atom stereocenters. The second-order valence-corrected chi connectivity index (χ2v) is 13.1. The maximum absolute atomic E-state index is 2.54. The first-order chi connectivity index (χ1) is 18.1. The van der Waals surface area contributed by atoms with Crippen molar-refractivity contribution in [1.29, 1.82) is 0 Å². The molecule has 1 heteroatoms. The fourth-order valence-electron chi connectivity index (χ4n) is 7.45. The Morgan fingerprint density at radius 3 is 1.92 bits per heavy atom. The molecule has 1 saturated carbocycles. The fraction of sp³-hybridized carbons (Fsp3) is 0.222. The number of benzene rings is 6. The minimum absolute atomic E-state index is 0.260. The molecule has 0 spiro atoms. The maximum atomic E-state index is 2.54. The van der Waals surface area contributed by atoms with Gasteiger partial charge in [-0.05, 0) is 92.0 Å². The molecule has 180 valence electrons. The summed E-state index contributed by atoms with van der Waals surface area (Å²) in [5.41, 5.74) is 7.14. The molecular weight excluding hydrogens is 464 g/mol. The van der Waals surface area contributed by atoms with Gasteiger partial charge in [-0.2, -0.15) is 0 Å². The van der Waals surface area contributed by atoms with Crippen LogP contribution in [0.15, 0.2) is 102 Å². The van der Waals surface area contributed by atoms with E-state index in [0.29, 0.717) is 4.75 Å². The predicted molar refractivity (Wildman–Crippen MR) is 161 cm³/mol. The van der Waals surface area contributed by atoms with E-state index in [1.807, 2.05) is 0 Å². The van der Waals surface area contributed by atoms with Gasteiger partial charge in [0.25, 0.3) is 0 Å². The van der Waals surface area contributed by atoms with Gasteiger partial charge in [0.05, 0.1) is 0 Å². The quantitative estimate of drug-likeness (QED) is 0.216. The van der Waals surface area contributed by atoms with Gasteiger partial charge in [-0.25, -0.2) is 0 Å². The molecule has 6 aromatic carbocycles. The standard InChI is InChI=1S/C36H30S/c1-35-20-6-7-21-36(35,2)37-32-19-14-26(22-31(32)35)28-16-11-25-12-17-29-27(23-8-4-3-5-9-23)15-10-24-13-18-30(28)34(25)33(24)29/h3-5,8-19,22H,6-7,20-21H2,1-2H3. The van der Waals surface area contributed by atoms with Gasteiger partial charge in [-0.15, -0.1) is 11.8 Å². The van der Waals surface area contributed by atoms with E-state index in [2.05, 4.69) is 123 Å². The average Bonchev–Trinajstić information content (AvgIpc) is 3.18. The van der Waals surface area contributed by atoms with E-state index in [4.69, 9.17) is 0 Å². The summed E-state index contributed by atoms with van der Waals surface area (Å²) in [5, 5.41) is 8.14. The van der Waals surface area contributed by atoms with Crippen molar-refractivity contribution >= 4 is 44.1 Å². The van der Waals surface area contributed by atoms with E-state index in [9.17, 15) is 0 Å². The van der Waals surface area contributed by atoms with E-state index in [1.165, 1.54) is 85.1 Å². The highest BCUT2D eigenvalue weighted by Gasteiger charge is 2.53. The first-order valence-corrected chi connectivity index (χ1v) is 14.5. The van der Waals surface area contributed by atoms with Gasteiger partial charge in [0.2, 0.25) is 0 Å². The minimum Gasteiger partial charge on any atom is -0.118 e. The van der Waals surface area contributed by atoms with Crippen molar-refractivity contribution in [3.63, 3.8) is 0 Å². The van der Waals surface area contributed by atoms with Crippen molar-refractivity contribution in [2.24, 2.45) is 0 Å². The zero-order valence-electron chi connectivity index (χ0n) is 21.5. The Kier molecular flexibility index (Phi) is 4.48. The van der Waals surface area contributed by atoms with Crippen LogP contribution in [0.5, 0.6) is 0 Å². The van der Waals surface area contributed by atoms with Crippen molar-refractivity contribution in [3.8, 4) is 22.3 Å². The monoisotopic (exact) mass is 494 g/mol. The predicted octanol–water partition coefficient (Wildman–Crippen LogP) is 10.6. The Bertz CT molecular complexity index is 1830. The molecule has 0 amide bonds. The van der Waals surface area contributed by atoms with E-state index < -0.39 is 0 Å². The molecule has 0 aromatic heterocycles. The summed E-state index contributed by atoms with van der Waals surface area (Å²) >= 11 is 2.13. The third kappa shape index (κ3) is 2.92. The normalized spacial score (nSPS) is 23.1. The number of hydrogen-bond donors (Lipinski definition) is 0. The molecule has 8 rings (SSSR count). The van der Waals surface area contributed by atoms with Crippen molar-refractivity contribution < 1.29 is 0 Å². The molecule has 1 fully saturated rings. The summed E-state index contributed by atoms with van der Waals surface area (Å²) in [6.07, 6.45) is 5.33. The molecule has 2 unspecified atom stereocenters. The minimum atomic E-state index is 0.260. The van der Waals surface area contributed by atoms with Crippen LogP contribution in [-0.4, -0.2) is 4.75 Å². The molecular formula is C36H30S.